The van der Waals surface area contributed by atoms with Gasteiger partial charge in [-0.15, -0.1) is 0 Å². The van der Waals surface area contributed by atoms with E-state index in [1.807, 2.05) is 20.8 Å². The summed E-state index contributed by atoms with van der Waals surface area (Å²) in [5, 5.41) is 10.6. The van der Waals surface area contributed by atoms with E-state index in [2.05, 4.69) is 31.7 Å². The van der Waals surface area contributed by atoms with Gasteiger partial charge in [-0.2, -0.15) is 5.10 Å². The summed E-state index contributed by atoms with van der Waals surface area (Å²) in [6.45, 7) is 8.84. The van der Waals surface area contributed by atoms with Crippen molar-refractivity contribution in [1.29, 1.82) is 0 Å². The summed E-state index contributed by atoms with van der Waals surface area (Å²) in [4.78, 5) is 41.4. The SMILES string of the molecule is CC(C)(C)OC(=O)N1CCC(NC(=O)C2CCN(C(=O)c3cc(Br)n(C4NCCO4)n3)CC2)C1. The molecule has 1 aromatic rings. The largest absolute Gasteiger partial charge is 0.444 e. The molecular weight excluding hydrogens is 508 g/mol. The third-order valence-electron chi connectivity index (χ3n) is 6.17. The number of hydrogen-bond acceptors (Lipinski definition) is 7. The number of piperidine rings is 1. The summed E-state index contributed by atoms with van der Waals surface area (Å²) >= 11 is 3.44. The number of hydrogen-bond donors (Lipinski definition) is 2. The van der Waals surface area contributed by atoms with Crippen LogP contribution in [0.5, 0.6) is 0 Å². The smallest absolute Gasteiger partial charge is 0.410 e. The first-order chi connectivity index (χ1) is 16.1. The molecule has 2 unspecified atom stereocenters. The zero-order valence-corrected chi connectivity index (χ0v) is 21.5. The summed E-state index contributed by atoms with van der Waals surface area (Å²) in [6, 6.07) is 1.62. The molecule has 3 aliphatic rings. The van der Waals surface area contributed by atoms with Crippen LogP contribution < -0.4 is 10.6 Å². The van der Waals surface area contributed by atoms with Crippen LogP contribution in [0.3, 0.4) is 0 Å². The van der Waals surface area contributed by atoms with Gasteiger partial charge in [-0.25, -0.2) is 9.48 Å². The monoisotopic (exact) mass is 540 g/mol. The molecule has 3 saturated heterocycles. The number of carbonyl (C=O) groups is 3. The second-order valence-corrected chi connectivity index (χ2v) is 10.8. The Hall–Kier alpha value is -2.18. The number of nitrogens with zero attached hydrogens (tertiary/aromatic N) is 4. The highest BCUT2D eigenvalue weighted by Crippen LogP contribution is 2.23. The fourth-order valence-electron chi connectivity index (χ4n) is 4.41. The quantitative estimate of drug-likeness (QED) is 0.596. The lowest BCUT2D eigenvalue weighted by atomic mass is 9.95. The molecule has 1 aromatic heterocycles. The number of likely N-dealkylation sites (tertiary alicyclic amines) is 2. The van der Waals surface area contributed by atoms with Gasteiger partial charge in [-0.3, -0.25) is 14.9 Å². The van der Waals surface area contributed by atoms with E-state index < -0.39 is 5.60 Å². The Balaban J connectivity index is 1.24. The predicted molar refractivity (Wildman–Crippen MR) is 126 cm³/mol. The van der Waals surface area contributed by atoms with Gasteiger partial charge in [0.2, 0.25) is 12.3 Å². The first kappa shape index (κ1) is 24.9. The van der Waals surface area contributed by atoms with E-state index in [1.165, 1.54) is 0 Å². The number of halogens is 1. The van der Waals surface area contributed by atoms with E-state index in [1.54, 1.807) is 20.5 Å². The number of amides is 3. The minimum atomic E-state index is -0.542. The van der Waals surface area contributed by atoms with Crippen molar-refractivity contribution in [3.63, 3.8) is 0 Å². The van der Waals surface area contributed by atoms with Gasteiger partial charge in [0.1, 0.15) is 10.2 Å². The Morgan fingerprint density at radius 2 is 1.88 bits per heavy atom. The molecule has 0 saturated carbocycles. The van der Waals surface area contributed by atoms with Crippen molar-refractivity contribution in [1.82, 2.24) is 30.2 Å². The third kappa shape index (κ3) is 5.89. The predicted octanol–water partition coefficient (Wildman–Crippen LogP) is 1.70. The third-order valence-corrected chi connectivity index (χ3v) is 6.76. The van der Waals surface area contributed by atoms with Crippen LogP contribution in [-0.4, -0.2) is 88.5 Å². The number of ether oxygens (including phenoxy) is 2. The van der Waals surface area contributed by atoms with Gasteiger partial charge < -0.3 is 24.6 Å². The molecule has 11 nitrogen and oxygen atoms in total. The molecule has 34 heavy (non-hydrogen) atoms. The van der Waals surface area contributed by atoms with Crippen LogP contribution in [0.15, 0.2) is 10.7 Å². The van der Waals surface area contributed by atoms with Crippen molar-refractivity contribution in [2.24, 2.45) is 5.92 Å². The number of carbonyl (C=O) groups excluding carboxylic acids is 3. The Morgan fingerprint density at radius 3 is 2.53 bits per heavy atom. The van der Waals surface area contributed by atoms with Gasteiger partial charge in [0.15, 0.2) is 5.69 Å². The molecular formula is C22H33BrN6O5. The number of nitrogens with one attached hydrogen (secondary N) is 2. The molecule has 3 fully saturated rings. The van der Waals surface area contributed by atoms with E-state index in [0.717, 1.165) is 6.54 Å². The summed E-state index contributed by atoms with van der Waals surface area (Å²) in [5.41, 5.74) is -0.195. The Bertz CT molecular complexity index is 917. The van der Waals surface area contributed by atoms with E-state index in [-0.39, 0.29) is 36.2 Å². The van der Waals surface area contributed by atoms with Gasteiger partial charge in [0, 0.05) is 50.7 Å². The molecule has 0 aliphatic carbocycles. The summed E-state index contributed by atoms with van der Waals surface area (Å²) < 4.78 is 13.3. The molecule has 3 aliphatic heterocycles. The van der Waals surface area contributed by atoms with Gasteiger partial charge >= 0.3 is 6.09 Å². The van der Waals surface area contributed by atoms with Crippen LogP contribution in [-0.2, 0) is 14.3 Å². The minimum absolute atomic E-state index is 0.0142. The Morgan fingerprint density at radius 1 is 1.18 bits per heavy atom. The highest BCUT2D eigenvalue weighted by molar-refractivity contribution is 9.10. The van der Waals surface area contributed by atoms with Gasteiger partial charge in [-0.05, 0) is 56.0 Å². The standard InChI is InChI=1S/C22H33BrN6O5/c1-22(2,3)34-21(32)28-10-6-15(13-28)25-18(30)14-4-8-27(9-5-14)19(31)16-12-17(23)29(26-16)20-24-7-11-33-20/h12,14-15,20,24H,4-11,13H2,1-3H3,(H,25,30). The van der Waals surface area contributed by atoms with Crippen molar-refractivity contribution in [2.75, 3.05) is 39.3 Å². The molecule has 0 spiro atoms. The van der Waals surface area contributed by atoms with Crippen LogP contribution in [0.2, 0.25) is 0 Å². The average molecular weight is 541 g/mol. The second-order valence-electron chi connectivity index (χ2n) is 9.96. The lowest BCUT2D eigenvalue weighted by Gasteiger charge is -2.31. The Labute approximate surface area is 207 Å². The fourth-order valence-corrected chi connectivity index (χ4v) is 4.89. The molecule has 4 rings (SSSR count). The van der Waals surface area contributed by atoms with Crippen molar-refractivity contribution in [3.05, 3.63) is 16.4 Å². The van der Waals surface area contributed by atoms with E-state index in [4.69, 9.17) is 9.47 Å². The summed E-state index contributed by atoms with van der Waals surface area (Å²) in [7, 11) is 0. The normalized spacial score (nSPS) is 23.9. The highest BCUT2D eigenvalue weighted by atomic mass is 79.9. The van der Waals surface area contributed by atoms with Crippen molar-refractivity contribution in [3.8, 4) is 0 Å². The van der Waals surface area contributed by atoms with Crippen LogP contribution in [0.1, 0.15) is 56.9 Å². The first-order valence-electron chi connectivity index (χ1n) is 11.8. The van der Waals surface area contributed by atoms with Crippen LogP contribution in [0.25, 0.3) is 0 Å². The molecule has 2 N–H and O–H groups in total. The molecule has 0 radical (unpaired) electrons. The maximum absolute atomic E-state index is 13.0. The molecule has 2 atom stereocenters. The number of rotatable bonds is 4. The van der Waals surface area contributed by atoms with Crippen LogP contribution >= 0.6 is 15.9 Å². The van der Waals surface area contributed by atoms with E-state index in [0.29, 0.717) is 62.3 Å². The highest BCUT2D eigenvalue weighted by Gasteiger charge is 2.34. The van der Waals surface area contributed by atoms with Gasteiger partial charge in [0.25, 0.3) is 5.91 Å². The summed E-state index contributed by atoms with van der Waals surface area (Å²) in [5.74, 6) is -0.320. The summed E-state index contributed by atoms with van der Waals surface area (Å²) in [6.07, 6.45) is 1.16. The maximum Gasteiger partial charge on any atom is 0.410 e. The fraction of sp³-hybridized carbons (Fsp3) is 0.727. The molecule has 188 valence electrons. The van der Waals surface area contributed by atoms with E-state index >= 15 is 0 Å². The second kappa shape index (κ2) is 10.2. The molecule has 12 heteroatoms. The first-order valence-corrected chi connectivity index (χ1v) is 12.6. The molecule has 0 aromatic carbocycles. The lowest BCUT2D eigenvalue weighted by molar-refractivity contribution is -0.127. The zero-order valence-electron chi connectivity index (χ0n) is 19.9. The average Bonchev–Trinajstić information content (AvgIpc) is 3.53. The van der Waals surface area contributed by atoms with Crippen molar-refractivity contribution < 1.29 is 23.9 Å². The molecule has 4 heterocycles. The lowest BCUT2D eigenvalue weighted by Crippen LogP contribution is -2.46. The maximum atomic E-state index is 13.0. The molecule has 0 bridgehead atoms. The van der Waals surface area contributed by atoms with Gasteiger partial charge in [0.05, 0.1) is 6.61 Å². The minimum Gasteiger partial charge on any atom is -0.444 e. The van der Waals surface area contributed by atoms with E-state index in [9.17, 15) is 14.4 Å². The topological polar surface area (TPSA) is 118 Å². The van der Waals surface area contributed by atoms with Crippen molar-refractivity contribution >= 4 is 33.8 Å². The Kier molecular flexibility index (Phi) is 7.48. The van der Waals surface area contributed by atoms with Gasteiger partial charge in [-0.1, -0.05) is 0 Å². The van der Waals surface area contributed by atoms with Crippen molar-refractivity contribution in [2.45, 2.75) is 58.0 Å². The van der Waals surface area contributed by atoms with Crippen LogP contribution in [0.4, 0.5) is 4.79 Å². The van der Waals surface area contributed by atoms with Crippen LogP contribution in [0, 0.1) is 5.92 Å². The zero-order chi connectivity index (χ0) is 24.5. The number of aromatic nitrogens is 2. The molecule has 3 amide bonds.